The molecule has 0 saturated carbocycles. The molecule has 29 heavy (non-hydrogen) atoms. The molecule has 2 aromatic carbocycles. The Labute approximate surface area is 175 Å². The molecule has 0 atom stereocenters. The van der Waals surface area contributed by atoms with E-state index < -0.39 is 0 Å². The molecule has 0 bridgehead atoms. The summed E-state index contributed by atoms with van der Waals surface area (Å²) in [4.78, 5) is 25.6. The summed E-state index contributed by atoms with van der Waals surface area (Å²) in [5, 5.41) is 7.84. The highest BCUT2D eigenvalue weighted by molar-refractivity contribution is 6.33. The Morgan fingerprint density at radius 1 is 1.10 bits per heavy atom. The average molecular weight is 410 g/mol. The minimum atomic E-state index is -0.259. The molecule has 0 saturated heterocycles. The molecule has 0 aliphatic heterocycles. The number of hydrogen-bond donors (Lipinski definition) is 1. The largest absolute Gasteiger partial charge is 0.310 e. The highest BCUT2D eigenvalue weighted by atomic mass is 35.5. The van der Waals surface area contributed by atoms with Gasteiger partial charge in [-0.25, -0.2) is 4.68 Å². The van der Waals surface area contributed by atoms with Crippen molar-refractivity contribution in [3.8, 4) is 16.8 Å². The maximum absolute atomic E-state index is 13.1. The molecular weight excluding hydrogens is 386 g/mol. The van der Waals surface area contributed by atoms with Gasteiger partial charge in [-0.1, -0.05) is 42.8 Å². The number of nitrogens with one attached hydrogen (secondary N) is 1. The van der Waals surface area contributed by atoms with Crippen LogP contribution >= 0.6 is 11.6 Å². The van der Waals surface area contributed by atoms with E-state index in [2.05, 4.69) is 10.4 Å². The number of anilines is 1. The van der Waals surface area contributed by atoms with Gasteiger partial charge in [-0.3, -0.25) is 9.59 Å². The molecule has 1 amide bonds. The Bertz CT molecular complexity index is 1140. The lowest BCUT2D eigenvalue weighted by Crippen LogP contribution is -2.24. The lowest BCUT2D eigenvalue weighted by atomic mass is 10.0. The van der Waals surface area contributed by atoms with Gasteiger partial charge in [0.1, 0.15) is 11.5 Å². The molecule has 3 aromatic rings. The number of benzene rings is 2. The number of carbonyl (C=O) groups is 1. The van der Waals surface area contributed by atoms with Gasteiger partial charge in [0.05, 0.1) is 11.3 Å². The SMILES string of the molecule is CCCC(=O)Nc1c(-c2ccccc2Cl)c(=O)c(C)nn1-c1ccc(C)c(C)c1. The standard InChI is InChI=1S/C23H24ClN3O2/c1-5-8-20(28)25-23-21(18-9-6-7-10-19(18)24)22(29)16(4)26-27(23)17-12-11-14(2)15(3)13-17/h6-7,9-13H,5,8H2,1-4H3,(H,25,28). The van der Waals surface area contributed by atoms with Gasteiger partial charge in [-0.2, -0.15) is 5.10 Å². The lowest BCUT2D eigenvalue weighted by Gasteiger charge is -2.19. The van der Waals surface area contributed by atoms with Crippen LogP contribution in [0.1, 0.15) is 36.6 Å². The molecule has 0 aliphatic carbocycles. The van der Waals surface area contributed by atoms with Crippen molar-refractivity contribution in [2.45, 2.75) is 40.5 Å². The fourth-order valence-electron chi connectivity index (χ4n) is 3.13. The maximum atomic E-state index is 13.1. The molecule has 1 aromatic heterocycles. The van der Waals surface area contributed by atoms with Crippen LogP contribution in [0.2, 0.25) is 5.02 Å². The molecule has 1 heterocycles. The quantitative estimate of drug-likeness (QED) is 0.628. The van der Waals surface area contributed by atoms with Crippen molar-refractivity contribution in [1.29, 1.82) is 0 Å². The topological polar surface area (TPSA) is 64.0 Å². The van der Waals surface area contributed by atoms with E-state index in [0.29, 0.717) is 40.5 Å². The zero-order chi connectivity index (χ0) is 21.1. The second-order valence-electron chi connectivity index (χ2n) is 7.10. The van der Waals surface area contributed by atoms with E-state index in [-0.39, 0.29) is 11.3 Å². The molecule has 150 valence electrons. The molecule has 1 N–H and O–H groups in total. The summed E-state index contributed by atoms with van der Waals surface area (Å²) in [5.74, 6) is 0.152. The van der Waals surface area contributed by atoms with Gasteiger partial charge in [0.2, 0.25) is 11.3 Å². The van der Waals surface area contributed by atoms with Crippen LogP contribution in [0.15, 0.2) is 47.3 Å². The van der Waals surface area contributed by atoms with Gasteiger partial charge < -0.3 is 5.32 Å². The van der Waals surface area contributed by atoms with E-state index in [1.54, 1.807) is 29.8 Å². The number of nitrogens with zero attached hydrogens (tertiary/aromatic N) is 2. The van der Waals surface area contributed by atoms with E-state index in [0.717, 1.165) is 16.8 Å². The fourth-order valence-corrected chi connectivity index (χ4v) is 3.37. The number of rotatable bonds is 5. The second-order valence-corrected chi connectivity index (χ2v) is 7.50. The van der Waals surface area contributed by atoms with Gasteiger partial charge in [0.25, 0.3) is 0 Å². The molecule has 0 aliphatic rings. The monoisotopic (exact) mass is 409 g/mol. The second kappa shape index (κ2) is 8.62. The number of hydrogen-bond acceptors (Lipinski definition) is 3. The van der Waals surface area contributed by atoms with Gasteiger partial charge in [-0.15, -0.1) is 0 Å². The van der Waals surface area contributed by atoms with Crippen molar-refractivity contribution in [2.24, 2.45) is 0 Å². The third kappa shape index (κ3) is 4.25. The molecule has 0 radical (unpaired) electrons. The molecule has 0 fully saturated rings. The summed E-state index contributed by atoms with van der Waals surface area (Å²) in [6, 6.07) is 13.0. The van der Waals surface area contributed by atoms with Crippen LogP contribution in [-0.2, 0) is 4.79 Å². The predicted octanol–water partition coefficient (Wildman–Crippen LogP) is 5.22. The average Bonchev–Trinajstić information content (AvgIpc) is 2.68. The van der Waals surface area contributed by atoms with Crippen LogP contribution in [0, 0.1) is 20.8 Å². The number of halogens is 1. The highest BCUT2D eigenvalue weighted by Crippen LogP contribution is 2.32. The molecule has 6 heteroatoms. The van der Waals surface area contributed by atoms with Gasteiger partial charge in [0.15, 0.2) is 0 Å². The molecule has 3 rings (SSSR count). The van der Waals surface area contributed by atoms with E-state index in [1.807, 2.05) is 45.0 Å². The molecular formula is C23H24ClN3O2. The minimum Gasteiger partial charge on any atom is -0.310 e. The van der Waals surface area contributed by atoms with Crippen LogP contribution in [0.3, 0.4) is 0 Å². The Morgan fingerprint density at radius 2 is 1.83 bits per heavy atom. The van der Waals surface area contributed by atoms with Crippen LogP contribution < -0.4 is 10.7 Å². The maximum Gasteiger partial charge on any atom is 0.225 e. The van der Waals surface area contributed by atoms with Crippen LogP contribution in [0.25, 0.3) is 16.8 Å². The summed E-state index contributed by atoms with van der Waals surface area (Å²) in [5.41, 5.74) is 3.97. The van der Waals surface area contributed by atoms with Crippen LogP contribution in [0.5, 0.6) is 0 Å². The molecule has 0 unspecified atom stereocenters. The minimum absolute atomic E-state index is 0.177. The number of aryl methyl sites for hydroxylation is 3. The van der Waals surface area contributed by atoms with E-state index in [9.17, 15) is 9.59 Å². The van der Waals surface area contributed by atoms with Crippen molar-refractivity contribution in [1.82, 2.24) is 9.78 Å². The summed E-state index contributed by atoms with van der Waals surface area (Å²) in [7, 11) is 0. The Balaban J connectivity index is 2.36. The number of carbonyl (C=O) groups excluding carboxylic acids is 1. The van der Waals surface area contributed by atoms with Crippen molar-refractivity contribution >= 4 is 23.3 Å². The summed E-state index contributed by atoms with van der Waals surface area (Å²) < 4.78 is 1.62. The van der Waals surface area contributed by atoms with Gasteiger partial charge in [-0.05, 0) is 56.5 Å². The smallest absolute Gasteiger partial charge is 0.225 e. The highest BCUT2D eigenvalue weighted by Gasteiger charge is 2.21. The van der Waals surface area contributed by atoms with Crippen LogP contribution in [0.4, 0.5) is 5.82 Å². The van der Waals surface area contributed by atoms with Crippen molar-refractivity contribution in [3.63, 3.8) is 0 Å². The first-order valence-electron chi connectivity index (χ1n) is 9.59. The Kier molecular flexibility index (Phi) is 6.18. The first-order chi connectivity index (χ1) is 13.8. The third-order valence-corrected chi connectivity index (χ3v) is 5.20. The zero-order valence-corrected chi connectivity index (χ0v) is 17.8. The number of amides is 1. The van der Waals surface area contributed by atoms with E-state index >= 15 is 0 Å². The Morgan fingerprint density at radius 3 is 2.48 bits per heavy atom. The first kappa shape index (κ1) is 20.8. The van der Waals surface area contributed by atoms with Gasteiger partial charge >= 0.3 is 0 Å². The Hall–Kier alpha value is -2.92. The lowest BCUT2D eigenvalue weighted by molar-refractivity contribution is -0.116. The third-order valence-electron chi connectivity index (χ3n) is 4.87. The normalized spacial score (nSPS) is 10.8. The first-order valence-corrected chi connectivity index (χ1v) is 9.97. The van der Waals surface area contributed by atoms with Gasteiger partial charge in [0, 0.05) is 17.0 Å². The fraction of sp³-hybridized carbons (Fsp3) is 0.261. The van der Waals surface area contributed by atoms with Crippen LogP contribution in [-0.4, -0.2) is 15.7 Å². The van der Waals surface area contributed by atoms with E-state index in [4.69, 9.17) is 11.6 Å². The van der Waals surface area contributed by atoms with E-state index in [1.165, 1.54) is 0 Å². The summed E-state index contributed by atoms with van der Waals surface area (Å²) in [6.45, 7) is 7.64. The summed E-state index contributed by atoms with van der Waals surface area (Å²) in [6.07, 6.45) is 1.04. The predicted molar refractivity (Wildman–Crippen MR) is 118 cm³/mol. The number of aromatic nitrogens is 2. The van der Waals surface area contributed by atoms with Crippen molar-refractivity contribution < 1.29 is 4.79 Å². The van der Waals surface area contributed by atoms with Crippen molar-refractivity contribution in [2.75, 3.05) is 5.32 Å². The summed E-state index contributed by atoms with van der Waals surface area (Å²) >= 11 is 6.42. The van der Waals surface area contributed by atoms with Crippen molar-refractivity contribution in [3.05, 3.63) is 74.5 Å². The molecule has 0 spiro atoms. The molecule has 5 nitrogen and oxygen atoms in total. The zero-order valence-electron chi connectivity index (χ0n) is 17.0.